The average Bonchev–Trinajstić information content (AvgIpc) is 2.96. The van der Waals surface area contributed by atoms with Crippen LogP contribution >= 0.6 is 0 Å². The lowest BCUT2D eigenvalue weighted by Crippen LogP contribution is -2.43. The van der Waals surface area contributed by atoms with Crippen molar-refractivity contribution < 1.29 is 19.1 Å². The molecule has 130 valence electrons. The van der Waals surface area contributed by atoms with E-state index in [1.165, 1.54) is 12.7 Å². The fourth-order valence-electron chi connectivity index (χ4n) is 3.17. The largest absolute Gasteiger partial charge is 0.481 e. The second-order valence-corrected chi connectivity index (χ2v) is 6.17. The second-order valence-electron chi connectivity index (χ2n) is 6.17. The first-order valence-corrected chi connectivity index (χ1v) is 8.27. The number of hydrogen-bond donors (Lipinski definition) is 0. The van der Waals surface area contributed by atoms with E-state index in [1.54, 1.807) is 36.1 Å². The summed E-state index contributed by atoms with van der Waals surface area (Å²) in [4.78, 5) is 26.3. The molecule has 5 nitrogen and oxygen atoms in total. The molecule has 1 heterocycles. The van der Waals surface area contributed by atoms with E-state index in [-0.39, 0.29) is 11.9 Å². The van der Waals surface area contributed by atoms with Gasteiger partial charge in [0.15, 0.2) is 6.10 Å². The summed E-state index contributed by atoms with van der Waals surface area (Å²) < 4.78 is 10.5. The van der Waals surface area contributed by atoms with E-state index in [4.69, 9.17) is 9.47 Å². The van der Waals surface area contributed by atoms with Gasteiger partial charge >= 0.3 is 5.97 Å². The third-order valence-corrected chi connectivity index (χ3v) is 4.36. The van der Waals surface area contributed by atoms with E-state index in [9.17, 15) is 9.59 Å². The highest BCUT2D eigenvalue weighted by Crippen LogP contribution is 2.32. The SMILES string of the molecule is COC(=O)c1cccc(O[C@H](C)C(=O)N2c3ccccc3C[C@H]2C)c1. The molecule has 2 aromatic carbocycles. The minimum absolute atomic E-state index is 0.0948. The predicted octanol–water partition coefficient (Wildman–Crippen LogP) is 3.22. The Bertz CT molecular complexity index is 802. The first-order chi connectivity index (χ1) is 12.0. The highest BCUT2D eigenvalue weighted by Gasteiger charge is 2.33. The summed E-state index contributed by atoms with van der Waals surface area (Å²) in [6.07, 6.45) is 0.174. The van der Waals surface area contributed by atoms with Crippen LogP contribution in [0.4, 0.5) is 5.69 Å². The van der Waals surface area contributed by atoms with Gasteiger partial charge in [-0.3, -0.25) is 4.79 Å². The molecule has 1 amide bonds. The third-order valence-electron chi connectivity index (χ3n) is 4.36. The minimum atomic E-state index is -0.665. The molecule has 1 aliphatic heterocycles. The summed E-state index contributed by atoms with van der Waals surface area (Å²) in [5.41, 5.74) is 2.50. The van der Waals surface area contributed by atoms with Gasteiger partial charge in [0, 0.05) is 11.7 Å². The van der Waals surface area contributed by atoms with Crippen LogP contribution in [-0.4, -0.2) is 31.1 Å². The quantitative estimate of drug-likeness (QED) is 0.803. The molecule has 2 atom stereocenters. The van der Waals surface area contributed by atoms with E-state index in [2.05, 4.69) is 0 Å². The second kappa shape index (κ2) is 6.97. The summed E-state index contributed by atoms with van der Waals surface area (Å²) in [5, 5.41) is 0. The molecule has 0 spiro atoms. The molecular weight excluding hydrogens is 318 g/mol. The van der Waals surface area contributed by atoms with Crippen molar-refractivity contribution >= 4 is 17.6 Å². The molecule has 0 bridgehead atoms. The van der Waals surface area contributed by atoms with Gasteiger partial charge in [-0.15, -0.1) is 0 Å². The maximum Gasteiger partial charge on any atom is 0.337 e. The highest BCUT2D eigenvalue weighted by molar-refractivity contribution is 5.99. The van der Waals surface area contributed by atoms with Crippen LogP contribution in [0, 0.1) is 0 Å². The molecule has 3 rings (SSSR count). The molecule has 0 saturated heterocycles. The number of methoxy groups -OCH3 is 1. The van der Waals surface area contributed by atoms with Crippen molar-refractivity contribution in [3.05, 3.63) is 59.7 Å². The van der Waals surface area contributed by atoms with Crippen LogP contribution in [0.25, 0.3) is 0 Å². The highest BCUT2D eigenvalue weighted by atomic mass is 16.5. The van der Waals surface area contributed by atoms with Gasteiger partial charge in [0.25, 0.3) is 5.91 Å². The lowest BCUT2D eigenvalue weighted by molar-refractivity contribution is -0.124. The van der Waals surface area contributed by atoms with E-state index < -0.39 is 12.1 Å². The standard InChI is InChI=1S/C20H21NO4/c1-13-11-15-7-4-5-10-18(15)21(13)19(22)14(2)25-17-9-6-8-16(12-17)20(23)24-3/h4-10,12-14H,11H2,1-3H3/t13-,14-/m1/s1. The number of nitrogens with zero attached hydrogens (tertiary/aromatic N) is 1. The van der Waals surface area contributed by atoms with E-state index in [0.29, 0.717) is 11.3 Å². The van der Waals surface area contributed by atoms with E-state index >= 15 is 0 Å². The molecular formula is C20H21NO4. The van der Waals surface area contributed by atoms with Crippen molar-refractivity contribution in [3.63, 3.8) is 0 Å². The number of rotatable bonds is 4. The zero-order valence-electron chi connectivity index (χ0n) is 14.6. The fraction of sp³-hybridized carbons (Fsp3) is 0.300. The summed E-state index contributed by atoms with van der Waals surface area (Å²) in [7, 11) is 1.33. The molecule has 0 N–H and O–H groups in total. The molecule has 5 heteroatoms. The Morgan fingerprint density at radius 1 is 1.16 bits per heavy atom. The van der Waals surface area contributed by atoms with Crippen LogP contribution in [0.1, 0.15) is 29.8 Å². The lowest BCUT2D eigenvalue weighted by Gasteiger charge is -2.26. The monoisotopic (exact) mass is 339 g/mol. The summed E-state index contributed by atoms with van der Waals surface area (Å²) >= 11 is 0. The Balaban J connectivity index is 1.77. The molecule has 0 aliphatic carbocycles. The van der Waals surface area contributed by atoms with Crippen LogP contribution < -0.4 is 9.64 Å². The normalized spacial score (nSPS) is 16.9. The first kappa shape index (κ1) is 17.0. The number of fused-ring (bicyclic) bond motifs is 1. The van der Waals surface area contributed by atoms with Gasteiger partial charge in [0.1, 0.15) is 5.75 Å². The van der Waals surface area contributed by atoms with E-state index in [1.807, 2.05) is 31.2 Å². The van der Waals surface area contributed by atoms with Gasteiger partial charge < -0.3 is 14.4 Å². The number of hydrogen-bond acceptors (Lipinski definition) is 4. The Hall–Kier alpha value is -2.82. The summed E-state index contributed by atoms with van der Waals surface area (Å²) in [6, 6.07) is 14.7. The minimum Gasteiger partial charge on any atom is -0.481 e. The maximum atomic E-state index is 12.9. The number of amides is 1. The molecule has 2 aromatic rings. The zero-order valence-corrected chi connectivity index (χ0v) is 14.6. The first-order valence-electron chi connectivity index (χ1n) is 8.27. The van der Waals surface area contributed by atoms with Gasteiger partial charge in [0.2, 0.25) is 0 Å². The number of carbonyl (C=O) groups is 2. The van der Waals surface area contributed by atoms with Crippen LogP contribution in [0.15, 0.2) is 48.5 Å². The third kappa shape index (κ3) is 3.36. The van der Waals surface area contributed by atoms with Crippen molar-refractivity contribution in [2.45, 2.75) is 32.4 Å². The topological polar surface area (TPSA) is 55.8 Å². The maximum absolute atomic E-state index is 12.9. The average molecular weight is 339 g/mol. The van der Waals surface area contributed by atoms with Crippen LogP contribution in [0.3, 0.4) is 0 Å². The smallest absolute Gasteiger partial charge is 0.337 e. The van der Waals surface area contributed by atoms with Gasteiger partial charge in [0.05, 0.1) is 12.7 Å². The van der Waals surface area contributed by atoms with Crippen LogP contribution in [0.2, 0.25) is 0 Å². The van der Waals surface area contributed by atoms with Crippen LogP contribution in [-0.2, 0) is 16.0 Å². The Morgan fingerprint density at radius 2 is 1.92 bits per heavy atom. The number of para-hydroxylation sites is 1. The molecule has 0 radical (unpaired) electrons. The molecule has 1 aliphatic rings. The fourth-order valence-corrected chi connectivity index (χ4v) is 3.17. The van der Waals surface area contributed by atoms with Gasteiger partial charge in [-0.2, -0.15) is 0 Å². The molecule has 0 unspecified atom stereocenters. The lowest BCUT2D eigenvalue weighted by atomic mass is 10.1. The van der Waals surface area contributed by atoms with Crippen molar-refractivity contribution in [1.82, 2.24) is 0 Å². The Morgan fingerprint density at radius 3 is 2.68 bits per heavy atom. The number of anilines is 1. The number of carbonyl (C=O) groups excluding carboxylic acids is 2. The van der Waals surface area contributed by atoms with Crippen molar-refractivity contribution in [1.29, 1.82) is 0 Å². The van der Waals surface area contributed by atoms with Crippen molar-refractivity contribution in [2.24, 2.45) is 0 Å². The Labute approximate surface area is 147 Å². The van der Waals surface area contributed by atoms with Crippen LogP contribution in [0.5, 0.6) is 5.75 Å². The summed E-state index contributed by atoms with van der Waals surface area (Å²) in [5.74, 6) is -0.0728. The number of ether oxygens (including phenoxy) is 2. The van der Waals surface area contributed by atoms with Gasteiger partial charge in [-0.25, -0.2) is 4.79 Å². The molecule has 0 saturated carbocycles. The number of esters is 1. The Kier molecular flexibility index (Phi) is 4.74. The molecule has 25 heavy (non-hydrogen) atoms. The summed E-state index contributed by atoms with van der Waals surface area (Å²) in [6.45, 7) is 3.75. The van der Waals surface area contributed by atoms with Gasteiger partial charge in [-0.1, -0.05) is 24.3 Å². The predicted molar refractivity (Wildman–Crippen MR) is 95.0 cm³/mol. The zero-order chi connectivity index (χ0) is 18.0. The number of benzene rings is 2. The molecule has 0 fully saturated rings. The van der Waals surface area contributed by atoms with E-state index in [0.717, 1.165) is 12.1 Å². The van der Waals surface area contributed by atoms with Crippen molar-refractivity contribution in [2.75, 3.05) is 12.0 Å². The van der Waals surface area contributed by atoms with Gasteiger partial charge in [-0.05, 0) is 50.1 Å². The molecule has 0 aromatic heterocycles. The van der Waals surface area contributed by atoms with Crippen molar-refractivity contribution in [3.8, 4) is 5.75 Å².